The van der Waals surface area contributed by atoms with Gasteiger partial charge in [-0.2, -0.15) is 0 Å². The minimum absolute atomic E-state index is 0.636. The van der Waals surface area contributed by atoms with Gasteiger partial charge in [0.05, 0.1) is 6.54 Å². The van der Waals surface area contributed by atoms with Crippen LogP contribution in [0.15, 0.2) is 6.07 Å². The van der Waals surface area contributed by atoms with Crippen LogP contribution in [-0.4, -0.2) is 59.5 Å². The average Bonchev–Trinajstić information content (AvgIpc) is 2.75. The summed E-state index contributed by atoms with van der Waals surface area (Å²) in [6.07, 6.45) is 2.56. The van der Waals surface area contributed by atoms with E-state index in [-0.39, 0.29) is 0 Å². The Kier molecular flexibility index (Phi) is 5.31. The van der Waals surface area contributed by atoms with Crippen LogP contribution < -0.4 is 5.32 Å². The summed E-state index contributed by atoms with van der Waals surface area (Å²) < 4.78 is 0. The molecule has 0 radical (unpaired) electrons. The summed E-state index contributed by atoms with van der Waals surface area (Å²) in [5.74, 6) is 1.88. The van der Waals surface area contributed by atoms with Crippen LogP contribution in [-0.2, 0) is 6.54 Å². The van der Waals surface area contributed by atoms with Crippen LogP contribution in [0.2, 0.25) is 0 Å². The molecule has 0 saturated carbocycles. The first-order valence-corrected chi connectivity index (χ1v) is 7.55. The highest BCUT2D eigenvalue weighted by Gasteiger charge is 2.25. The van der Waals surface area contributed by atoms with Crippen LogP contribution in [0.5, 0.6) is 0 Å². The smallest absolute Gasteiger partial charge is 0.144 e. The maximum atomic E-state index is 4.62. The van der Waals surface area contributed by atoms with Crippen molar-refractivity contribution in [2.45, 2.75) is 39.3 Å². The molecule has 5 heteroatoms. The van der Waals surface area contributed by atoms with E-state index in [2.05, 4.69) is 46.1 Å². The number of anilines is 1. The number of hydrogen-bond donors (Lipinski definition) is 1. The molecule has 0 spiro atoms. The van der Waals surface area contributed by atoms with Gasteiger partial charge < -0.3 is 10.2 Å². The third-order valence-corrected chi connectivity index (χ3v) is 3.68. The molecule has 1 atom stereocenters. The van der Waals surface area contributed by atoms with Gasteiger partial charge >= 0.3 is 0 Å². The molecule has 1 unspecified atom stereocenters. The zero-order valence-corrected chi connectivity index (χ0v) is 13.2. The molecule has 1 aromatic heterocycles. The van der Waals surface area contributed by atoms with Crippen LogP contribution in [0.25, 0.3) is 0 Å². The SMILES string of the molecule is CCNc1cc(C)nc(CN2CCCC2CN(C)C)n1. The summed E-state index contributed by atoms with van der Waals surface area (Å²) in [7, 11) is 4.28. The van der Waals surface area contributed by atoms with Gasteiger partial charge in [0, 0.05) is 30.9 Å². The molecule has 1 aliphatic heterocycles. The minimum Gasteiger partial charge on any atom is -0.370 e. The van der Waals surface area contributed by atoms with Crippen molar-refractivity contribution in [3.8, 4) is 0 Å². The number of aryl methyl sites for hydroxylation is 1. The fourth-order valence-electron chi connectivity index (χ4n) is 2.89. The maximum absolute atomic E-state index is 4.62. The Balaban J connectivity index is 2.04. The van der Waals surface area contributed by atoms with Crippen molar-refractivity contribution in [3.05, 3.63) is 17.6 Å². The minimum atomic E-state index is 0.636. The number of nitrogens with one attached hydrogen (secondary N) is 1. The fraction of sp³-hybridized carbons (Fsp3) is 0.733. The second-order valence-corrected chi connectivity index (χ2v) is 5.87. The Morgan fingerprint density at radius 3 is 2.90 bits per heavy atom. The Hall–Kier alpha value is -1.20. The van der Waals surface area contributed by atoms with E-state index in [1.807, 2.05) is 13.0 Å². The van der Waals surface area contributed by atoms with E-state index in [1.165, 1.54) is 12.8 Å². The molecular weight excluding hydrogens is 250 g/mol. The number of likely N-dealkylation sites (tertiary alicyclic amines) is 1. The lowest BCUT2D eigenvalue weighted by atomic mass is 10.2. The standard InChI is InChI=1S/C15H27N5/c1-5-16-14-9-12(2)17-15(18-14)11-20-8-6-7-13(20)10-19(3)4/h9,13H,5-8,10-11H2,1-4H3,(H,16,17,18). The molecule has 1 aliphatic rings. The van der Waals surface area contributed by atoms with Crippen molar-refractivity contribution in [1.82, 2.24) is 19.8 Å². The lowest BCUT2D eigenvalue weighted by molar-refractivity contribution is 0.197. The van der Waals surface area contributed by atoms with Gasteiger partial charge in [-0.15, -0.1) is 0 Å². The van der Waals surface area contributed by atoms with Crippen molar-refractivity contribution < 1.29 is 0 Å². The van der Waals surface area contributed by atoms with E-state index in [0.717, 1.165) is 43.5 Å². The highest BCUT2D eigenvalue weighted by molar-refractivity contribution is 5.35. The lowest BCUT2D eigenvalue weighted by Crippen LogP contribution is -2.37. The first-order valence-electron chi connectivity index (χ1n) is 7.55. The fourth-order valence-corrected chi connectivity index (χ4v) is 2.89. The summed E-state index contributed by atoms with van der Waals surface area (Å²) in [6, 6.07) is 2.64. The normalized spacial score (nSPS) is 19.8. The molecule has 1 saturated heterocycles. The van der Waals surface area contributed by atoms with Crippen LogP contribution >= 0.6 is 0 Å². The van der Waals surface area contributed by atoms with E-state index < -0.39 is 0 Å². The van der Waals surface area contributed by atoms with E-state index in [9.17, 15) is 0 Å². The van der Waals surface area contributed by atoms with E-state index >= 15 is 0 Å². The molecule has 5 nitrogen and oxygen atoms in total. The molecule has 2 rings (SSSR count). The van der Waals surface area contributed by atoms with Gasteiger partial charge in [-0.3, -0.25) is 4.90 Å². The van der Waals surface area contributed by atoms with Crippen molar-refractivity contribution in [2.75, 3.05) is 39.0 Å². The zero-order valence-electron chi connectivity index (χ0n) is 13.2. The van der Waals surface area contributed by atoms with Gasteiger partial charge in [0.15, 0.2) is 0 Å². The Morgan fingerprint density at radius 2 is 2.20 bits per heavy atom. The first-order chi connectivity index (χ1) is 9.58. The average molecular weight is 277 g/mol. The van der Waals surface area contributed by atoms with E-state index in [1.54, 1.807) is 0 Å². The molecule has 1 N–H and O–H groups in total. The summed E-state index contributed by atoms with van der Waals surface area (Å²) in [4.78, 5) is 14.0. The first kappa shape index (κ1) is 15.2. The highest BCUT2D eigenvalue weighted by Crippen LogP contribution is 2.20. The molecule has 2 heterocycles. The summed E-state index contributed by atoms with van der Waals surface area (Å²) in [5.41, 5.74) is 1.04. The summed E-state index contributed by atoms with van der Waals surface area (Å²) in [5, 5.41) is 3.28. The van der Waals surface area contributed by atoms with Gasteiger partial charge in [0.1, 0.15) is 11.6 Å². The number of nitrogens with zero attached hydrogens (tertiary/aromatic N) is 4. The summed E-state index contributed by atoms with van der Waals surface area (Å²) in [6.45, 7) is 8.15. The molecule has 0 amide bonds. The lowest BCUT2D eigenvalue weighted by Gasteiger charge is -2.26. The predicted molar refractivity (Wildman–Crippen MR) is 82.9 cm³/mol. The Labute approximate surface area is 122 Å². The van der Waals surface area contributed by atoms with Crippen LogP contribution in [0.4, 0.5) is 5.82 Å². The molecule has 20 heavy (non-hydrogen) atoms. The van der Waals surface area contributed by atoms with Gasteiger partial charge in [0.25, 0.3) is 0 Å². The van der Waals surface area contributed by atoms with Crippen LogP contribution in [0, 0.1) is 6.92 Å². The third kappa shape index (κ3) is 4.15. The number of likely N-dealkylation sites (N-methyl/N-ethyl adjacent to an activating group) is 1. The van der Waals surface area contributed by atoms with Gasteiger partial charge in [-0.1, -0.05) is 0 Å². The highest BCUT2D eigenvalue weighted by atomic mass is 15.2. The number of rotatable bonds is 6. The van der Waals surface area contributed by atoms with E-state index in [4.69, 9.17) is 0 Å². The largest absolute Gasteiger partial charge is 0.370 e. The zero-order chi connectivity index (χ0) is 14.5. The molecule has 0 aliphatic carbocycles. The van der Waals surface area contributed by atoms with Crippen LogP contribution in [0.1, 0.15) is 31.3 Å². The molecule has 0 bridgehead atoms. The molecule has 0 aromatic carbocycles. The van der Waals surface area contributed by atoms with Gasteiger partial charge in [-0.25, -0.2) is 9.97 Å². The van der Waals surface area contributed by atoms with Crippen molar-refractivity contribution in [1.29, 1.82) is 0 Å². The maximum Gasteiger partial charge on any atom is 0.144 e. The second kappa shape index (κ2) is 6.99. The quantitative estimate of drug-likeness (QED) is 0.858. The summed E-state index contributed by atoms with van der Waals surface area (Å²) >= 11 is 0. The molecular formula is C15H27N5. The Morgan fingerprint density at radius 1 is 1.40 bits per heavy atom. The van der Waals surface area contributed by atoms with Crippen molar-refractivity contribution >= 4 is 5.82 Å². The third-order valence-electron chi connectivity index (χ3n) is 3.68. The number of hydrogen-bond acceptors (Lipinski definition) is 5. The Bertz CT molecular complexity index is 432. The molecule has 1 aromatic rings. The van der Waals surface area contributed by atoms with Crippen molar-refractivity contribution in [3.63, 3.8) is 0 Å². The number of aromatic nitrogens is 2. The molecule has 1 fully saturated rings. The predicted octanol–water partition coefficient (Wildman–Crippen LogP) is 1.74. The van der Waals surface area contributed by atoms with Gasteiger partial charge in [-0.05, 0) is 47.3 Å². The van der Waals surface area contributed by atoms with E-state index in [0.29, 0.717) is 6.04 Å². The van der Waals surface area contributed by atoms with Crippen molar-refractivity contribution in [2.24, 2.45) is 0 Å². The second-order valence-electron chi connectivity index (χ2n) is 5.87. The van der Waals surface area contributed by atoms with Gasteiger partial charge in [0.2, 0.25) is 0 Å². The topological polar surface area (TPSA) is 44.3 Å². The molecule has 112 valence electrons. The van der Waals surface area contributed by atoms with Crippen LogP contribution in [0.3, 0.4) is 0 Å². The monoisotopic (exact) mass is 277 g/mol.